The lowest BCUT2D eigenvalue weighted by molar-refractivity contribution is 0.941. The number of benzene rings is 1. The van der Waals surface area contributed by atoms with Crippen molar-refractivity contribution in [3.05, 3.63) is 47.0 Å². The molecule has 3 rings (SSSR count). The molecule has 18 heavy (non-hydrogen) atoms. The van der Waals surface area contributed by atoms with Gasteiger partial charge in [0.2, 0.25) is 0 Å². The molecule has 0 amide bonds. The summed E-state index contributed by atoms with van der Waals surface area (Å²) in [5, 5.41) is 4.80. The number of aromatic nitrogens is 4. The average molecular weight is 259 g/mol. The molecule has 0 saturated heterocycles. The number of fused-ring (bicyclic) bond motifs is 1. The zero-order chi connectivity index (χ0) is 12.7. The molecule has 0 radical (unpaired) electrons. The fraction of sp³-hybridized carbons (Fsp3) is 0.154. The standard InChI is InChI=1S/C13H11ClN4/c1-8-3-11(12(14)4-9(8)2)10-5-15-13-16-7-17-18(13)6-10/h3-7H,1-2H3. The molecule has 0 aliphatic heterocycles. The van der Waals surface area contributed by atoms with Gasteiger partial charge in [0.25, 0.3) is 5.78 Å². The van der Waals surface area contributed by atoms with E-state index in [0.29, 0.717) is 5.78 Å². The van der Waals surface area contributed by atoms with E-state index in [4.69, 9.17) is 11.6 Å². The van der Waals surface area contributed by atoms with Gasteiger partial charge in [0.1, 0.15) is 6.33 Å². The molecule has 2 aromatic heterocycles. The molecule has 5 heteroatoms. The van der Waals surface area contributed by atoms with Crippen LogP contribution in [0.1, 0.15) is 11.1 Å². The maximum atomic E-state index is 6.29. The molecule has 0 unspecified atom stereocenters. The molecule has 0 N–H and O–H groups in total. The lowest BCUT2D eigenvalue weighted by atomic mass is 10.0. The lowest BCUT2D eigenvalue weighted by Crippen LogP contribution is -1.93. The van der Waals surface area contributed by atoms with Crippen LogP contribution >= 0.6 is 11.6 Å². The van der Waals surface area contributed by atoms with Crippen molar-refractivity contribution in [1.29, 1.82) is 0 Å². The van der Waals surface area contributed by atoms with Gasteiger partial charge in [-0.25, -0.2) is 9.50 Å². The number of hydrogen-bond donors (Lipinski definition) is 0. The first kappa shape index (κ1) is 11.2. The van der Waals surface area contributed by atoms with Crippen molar-refractivity contribution >= 4 is 17.4 Å². The summed E-state index contributed by atoms with van der Waals surface area (Å²) < 4.78 is 1.64. The molecular weight excluding hydrogens is 248 g/mol. The second-order valence-electron chi connectivity index (χ2n) is 4.26. The van der Waals surface area contributed by atoms with Crippen molar-refractivity contribution < 1.29 is 0 Å². The van der Waals surface area contributed by atoms with Crippen LogP contribution in [0.25, 0.3) is 16.9 Å². The summed E-state index contributed by atoms with van der Waals surface area (Å²) in [6.07, 6.45) is 5.12. The Balaban J connectivity index is 2.21. The topological polar surface area (TPSA) is 43.1 Å². The number of halogens is 1. The van der Waals surface area contributed by atoms with Crippen LogP contribution in [0.3, 0.4) is 0 Å². The molecule has 0 bridgehead atoms. The minimum Gasteiger partial charge on any atom is -0.219 e. The largest absolute Gasteiger partial charge is 0.252 e. The minimum atomic E-state index is 0.582. The second kappa shape index (κ2) is 4.07. The van der Waals surface area contributed by atoms with Crippen LogP contribution < -0.4 is 0 Å². The number of nitrogens with zero attached hydrogens (tertiary/aromatic N) is 4. The predicted molar refractivity (Wildman–Crippen MR) is 70.7 cm³/mol. The summed E-state index contributed by atoms with van der Waals surface area (Å²) in [5.41, 5.74) is 4.28. The molecule has 90 valence electrons. The highest BCUT2D eigenvalue weighted by Crippen LogP contribution is 2.29. The van der Waals surface area contributed by atoms with E-state index in [2.05, 4.69) is 28.1 Å². The Morgan fingerprint density at radius 3 is 2.72 bits per heavy atom. The van der Waals surface area contributed by atoms with Gasteiger partial charge in [-0.1, -0.05) is 11.6 Å². The van der Waals surface area contributed by atoms with Crippen LogP contribution in [0.5, 0.6) is 0 Å². The van der Waals surface area contributed by atoms with E-state index >= 15 is 0 Å². The van der Waals surface area contributed by atoms with Gasteiger partial charge in [0.15, 0.2) is 0 Å². The van der Waals surface area contributed by atoms with Crippen LogP contribution in [-0.2, 0) is 0 Å². The molecule has 0 saturated carbocycles. The van der Waals surface area contributed by atoms with Crippen LogP contribution in [0.4, 0.5) is 0 Å². The maximum Gasteiger partial charge on any atom is 0.252 e. The molecule has 0 spiro atoms. The van der Waals surface area contributed by atoms with Crippen molar-refractivity contribution in [3.63, 3.8) is 0 Å². The van der Waals surface area contributed by atoms with E-state index in [1.165, 1.54) is 17.5 Å². The predicted octanol–water partition coefficient (Wildman–Crippen LogP) is 3.06. The minimum absolute atomic E-state index is 0.582. The third-order valence-electron chi connectivity index (χ3n) is 3.03. The van der Waals surface area contributed by atoms with Crippen molar-refractivity contribution in [1.82, 2.24) is 19.6 Å². The quantitative estimate of drug-likeness (QED) is 0.674. The molecular formula is C13H11ClN4. The van der Waals surface area contributed by atoms with Crippen molar-refractivity contribution in [2.24, 2.45) is 0 Å². The first-order valence-corrected chi connectivity index (χ1v) is 5.95. The summed E-state index contributed by atoms with van der Waals surface area (Å²) in [4.78, 5) is 8.26. The van der Waals surface area contributed by atoms with Gasteiger partial charge in [-0.3, -0.25) is 0 Å². The van der Waals surface area contributed by atoms with Crippen molar-refractivity contribution in [3.8, 4) is 11.1 Å². The molecule has 0 aliphatic rings. The van der Waals surface area contributed by atoms with Crippen LogP contribution in [0.15, 0.2) is 30.9 Å². The highest BCUT2D eigenvalue weighted by atomic mass is 35.5. The number of aryl methyl sites for hydroxylation is 2. The Kier molecular flexibility index (Phi) is 2.52. The second-order valence-corrected chi connectivity index (χ2v) is 4.67. The third-order valence-corrected chi connectivity index (χ3v) is 3.34. The van der Waals surface area contributed by atoms with E-state index in [1.807, 2.05) is 19.2 Å². The molecule has 4 nitrogen and oxygen atoms in total. The smallest absolute Gasteiger partial charge is 0.219 e. The van der Waals surface area contributed by atoms with Crippen molar-refractivity contribution in [2.45, 2.75) is 13.8 Å². The van der Waals surface area contributed by atoms with Crippen molar-refractivity contribution in [2.75, 3.05) is 0 Å². The van der Waals surface area contributed by atoms with Crippen LogP contribution in [0.2, 0.25) is 5.02 Å². The summed E-state index contributed by atoms with van der Waals surface area (Å²) >= 11 is 6.29. The molecule has 0 atom stereocenters. The Bertz CT molecular complexity index is 733. The van der Waals surface area contributed by atoms with E-state index in [-0.39, 0.29) is 0 Å². The molecule has 0 aliphatic carbocycles. The summed E-state index contributed by atoms with van der Waals surface area (Å²) in [6.45, 7) is 4.11. The Morgan fingerprint density at radius 1 is 1.11 bits per heavy atom. The Labute approximate surface area is 109 Å². The van der Waals surface area contributed by atoms with E-state index in [9.17, 15) is 0 Å². The van der Waals surface area contributed by atoms with E-state index in [0.717, 1.165) is 16.1 Å². The van der Waals surface area contributed by atoms with Gasteiger partial charge in [-0.2, -0.15) is 10.1 Å². The van der Waals surface area contributed by atoms with Gasteiger partial charge < -0.3 is 0 Å². The molecule has 2 heterocycles. The SMILES string of the molecule is Cc1cc(Cl)c(-c2cnc3ncnn3c2)cc1C. The van der Waals surface area contributed by atoms with E-state index in [1.54, 1.807) is 10.7 Å². The fourth-order valence-corrected chi connectivity index (χ4v) is 2.19. The summed E-state index contributed by atoms with van der Waals surface area (Å²) in [7, 11) is 0. The molecule has 3 aromatic rings. The normalized spacial score (nSPS) is 11.1. The fourth-order valence-electron chi connectivity index (χ4n) is 1.86. The summed E-state index contributed by atoms with van der Waals surface area (Å²) in [6, 6.07) is 4.04. The van der Waals surface area contributed by atoms with Crippen LogP contribution in [0, 0.1) is 13.8 Å². The number of rotatable bonds is 1. The van der Waals surface area contributed by atoms with E-state index < -0.39 is 0 Å². The zero-order valence-electron chi connectivity index (χ0n) is 10.1. The molecule has 1 aromatic carbocycles. The lowest BCUT2D eigenvalue weighted by Gasteiger charge is -2.08. The first-order valence-electron chi connectivity index (χ1n) is 5.57. The molecule has 0 fully saturated rings. The zero-order valence-corrected chi connectivity index (χ0v) is 10.8. The van der Waals surface area contributed by atoms with Gasteiger partial charge in [-0.05, 0) is 37.1 Å². The maximum absolute atomic E-state index is 6.29. The first-order chi connectivity index (χ1) is 8.65. The number of hydrogen-bond acceptors (Lipinski definition) is 3. The monoisotopic (exact) mass is 258 g/mol. The van der Waals surface area contributed by atoms with Gasteiger partial charge >= 0.3 is 0 Å². The highest BCUT2D eigenvalue weighted by molar-refractivity contribution is 6.33. The highest BCUT2D eigenvalue weighted by Gasteiger charge is 2.08. The van der Waals surface area contributed by atoms with Crippen LogP contribution in [-0.4, -0.2) is 19.6 Å². The third kappa shape index (κ3) is 1.75. The summed E-state index contributed by atoms with van der Waals surface area (Å²) in [5.74, 6) is 0.582. The Hall–Kier alpha value is -1.94. The Morgan fingerprint density at radius 2 is 1.89 bits per heavy atom. The van der Waals surface area contributed by atoms with Gasteiger partial charge in [0.05, 0.1) is 0 Å². The van der Waals surface area contributed by atoms with Gasteiger partial charge in [-0.15, -0.1) is 0 Å². The van der Waals surface area contributed by atoms with Gasteiger partial charge in [0, 0.05) is 28.5 Å². The average Bonchev–Trinajstić information content (AvgIpc) is 2.80.